The van der Waals surface area contributed by atoms with Crippen molar-refractivity contribution < 1.29 is 9.63 Å². The normalized spacial score (nSPS) is 12.0. The van der Waals surface area contributed by atoms with Crippen LogP contribution in [-0.2, 0) is 11.0 Å². The van der Waals surface area contributed by atoms with Gasteiger partial charge in [-0.15, -0.1) is 0 Å². The lowest BCUT2D eigenvalue weighted by molar-refractivity contribution is 0.284. The molecule has 0 spiro atoms. The lowest BCUT2D eigenvalue weighted by atomic mass is 10.2. The summed E-state index contributed by atoms with van der Waals surface area (Å²) in [6.45, 7) is 7.15. The number of anilines is 1. The molecular weight excluding hydrogens is 430 g/mol. The molecule has 3 rings (SSSR count). The highest BCUT2D eigenvalue weighted by atomic mass is 79.9. The van der Waals surface area contributed by atoms with Crippen LogP contribution in [0, 0.1) is 0 Å². The summed E-state index contributed by atoms with van der Waals surface area (Å²) >= 11 is 3.60. The van der Waals surface area contributed by atoms with E-state index in [4.69, 9.17) is 4.43 Å². The fourth-order valence-corrected chi connectivity index (χ4v) is 8.75. The second kappa shape index (κ2) is 8.62. The van der Waals surface area contributed by atoms with Crippen molar-refractivity contribution in [3.05, 3.63) is 88.9 Å². The van der Waals surface area contributed by atoms with Gasteiger partial charge in [-0.2, -0.15) is 0 Å². The van der Waals surface area contributed by atoms with Gasteiger partial charge in [0.15, 0.2) is 0 Å². The van der Waals surface area contributed by atoms with Crippen molar-refractivity contribution in [3.63, 3.8) is 0 Å². The van der Waals surface area contributed by atoms with Gasteiger partial charge in [0.2, 0.25) is 0 Å². The molecule has 0 heterocycles. The van der Waals surface area contributed by atoms with E-state index < -0.39 is 8.32 Å². The molecule has 0 aliphatic heterocycles. The molecule has 0 bridgehead atoms. The second-order valence-electron chi connectivity index (χ2n) is 7.83. The lowest BCUT2D eigenvalue weighted by Crippen LogP contribution is -2.66. The molecule has 0 aliphatic rings. The van der Waals surface area contributed by atoms with Gasteiger partial charge in [-0.05, 0) is 27.5 Å². The van der Waals surface area contributed by atoms with E-state index in [0.717, 1.165) is 10.0 Å². The number of benzene rings is 3. The van der Waals surface area contributed by atoms with Crippen LogP contribution < -0.4 is 15.9 Å². The summed E-state index contributed by atoms with van der Waals surface area (Å²) in [4.78, 5) is 0. The fraction of sp³-hybridized carbons (Fsp3) is 0.217. The third-order valence-corrected chi connectivity index (χ3v) is 10.8. The number of hydrogen-bond acceptors (Lipinski definition) is 3. The Kier molecular flexibility index (Phi) is 6.40. The molecule has 3 nitrogen and oxygen atoms in total. The van der Waals surface area contributed by atoms with Gasteiger partial charge in [-0.25, -0.2) is 0 Å². The van der Waals surface area contributed by atoms with Crippen LogP contribution in [0.4, 0.5) is 5.69 Å². The Morgan fingerprint density at radius 3 is 1.86 bits per heavy atom. The zero-order valence-electron chi connectivity index (χ0n) is 16.4. The Morgan fingerprint density at radius 2 is 1.39 bits per heavy atom. The molecule has 0 saturated carbocycles. The van der Waals surface area contributed by atoms with Crippen molar-refractivity contribution in [1.29, 1.82) is 0 Å². The third-order valence-electron chi connectivity index (χ3n) is 5.09. The van der Waals surface area contributed by atoms with Gasteiger partial charge in [-0.1, -0.05) is 103 Å². The molecule has 0 aromatic heterocycles. The Labute approximate surface area is 176 Å². The molecule has 2 N–H and O–H groups in total. The van der Waals surface area contributed by atoms with Crippen LogP contribution >= 0.6 is 15.9 Å². The summed E-state index contributed by atoms with van der Waals surface area (Å²) in [6, 6.07) is 26.8. The van der Waals surface area contributed by atoms with Crippen LogP contribution in [0.2, 0.25) is 5.04 Å². The van der Waals surface area contributed by atoms with Crippen LogP contribution in [0.1, 0.15) is 26.3 Å². The summed E-state index contributed by atoms with van der Waals surface area (Å²) in [6.07, 6.45) is 0. The molecule has 0 saturated heterocycles. The molecule has 0 radical (unpaired) electrons. The Morgan fingerprint density at radius 1 is 0.857 bits per heavy atom. The zero-order valence-corrected chi connectivity index (χ0v) is 19.0. The minimum absolute atomic E-state index is 0.0935. The number of rotatable bonds is 6. The van der Waals surface area contributed by atoms with E-state index in [1.54, 1.807) is 0 Å². The zero-order chi connectivity index (χ0) is 20.2. The van der Waals surface area contributed by atoms with Gasteiger partial charge in [0, 0.05) is 10.0 Å². The Bertz CT molecular complexity index is 871. The maximum atomic E-state index is 9.55. The second-order valence-corrected chi connectivity index (χ2v) is 13.0. The molecule has 0 fully saturated rings. The first-order chi connectivity index (χ1) is 13.4. The topological polar surface area (TPSA) is 41.5 Å². The average Bonchev–Trinajstić information content (AvgIpc) is 2.70. The van der Waals surface area contributed by atoms with E-state index in [9.17, 15) is 5.21 Å². The van der Waals surface area contributed by atoms with E-state index in [1.165, 1.54) is 10.4 Å². The molecular formula is C23H26BrNO2Si. The van der Waals surface area contributed by atoms with Gasteiger partial charge in [0.05, 0.1) is 12.3 Å². The smallest absolute Gasteiger partial charge is 0.261 e. The molecule has 0 unspecified atom stereocenters. The first-order valence-electron chi connectivity index (χ1n) is 9.32. The molecule has 0 amide bonds. The van der Waals surface area contributed by atoms with Crippen molar-refractivity contribution in [2.24, 2.45) is 0 Å². The van der Waals surface area contributed by atoms with Crippen LogP contribution in [-0.4, -0.2) is 13.5 Å². The fourth-order valence-electron chi connectivity index (χ4n) is 3.75. The van der Waals surface area contributed by atoms with E-state index in [-0.39, 0.29) is 5.04 Å². The van der Waals surface area contributed by atoms with Gasteiger partial charge in [0.1, 0.15) is 0 Å². The highest BCUT2D eigenvalue weighted by molar-refractivity contribution is 9.10. The quantitative estimate of drug-likeness (QED) is 0.389. The third kappa shape index (κ3) is 3.94. The Balaban J connectivity index is 2.15. The summed E-state index contributed by atoms with van der Waals surface area (Å²) in [7, 11) is -2.62. The maximum absolute atomic E-state index is 9.55. The molecule has 0 aliphatic carbocycles. The Hall–Kier alpha value is -1.92. The van der Waals surface area contributed by atoms with Crippen LogP contribution in [0.3, 0.4) is 0 Å². The van der Waals surface area contributed by atoms with Gasteiger partial charge >= 0.3 is 0 Å². The molecule has 0 atom stereocenters. The van der Waals surface area contributed by atoms with Gasteiger partial charge < -0.3 is 4.43 Å². The monoisotopic (exact) mass is 455 g/mol. The van der Waals surface area contributed by atoms with Crippen LogP contribution in [0.5, 0.6) is 0 Å². The maximum Gasteiger partial charge on any atom is 0.261 e. The highest BCUT2D eigenvalue weighted by Crippen LogP contribution is 2.38. The summed E-state index contributed by atoms with van der Waals surface area (Å²) in [5.74, 6) is 0. The molecule has 3 aromatic carbocycles. The van der Waals surface area contributed by atoms with E-state index >= 15 is 0 Å². The van der Waals surface area contributed by atoms with E-state index in [1.807, 2.05) is 30.3 Å². The van der Waals surface area contributed by atoms with Crippen LogP contribution in [0.15, 0.2) is 83.3 Å². The molecule has 5 heteroatoms. The predicted octanol–water partition coefficient (Wildman–Crippen LogP) is 5.33. The number of hydrogen-bond donors (Lipinski definition) is 2. The number of halogens is 1. The van der Waals surface area contributed by atoms with Gasteiger partial charge in [-0.3, -0.25) is 10.7 Å². The van der Waals surface area contributed by atoms with Crippen molar-refractivity contribution >= 4 is 40.3 Å². The summed E-state index contributed by atoms with van der Waals surface area (Å²) in [5, 5.41) is 11.9. The van der Waals surface area contributed by atoms with E-state index in [0.29, 0.717) is 12.3 Å². The van der Waals surface area contributed by atoms with Crippen molar-refractivity contribution in [3.8, 4) is 0 Å². The van der Waals surface area contributed by atoms with Crippen molar-refractivity contribution in [2.75, 3.05) is 5.48 Å². The van der Waals surface area contributed by atoms with Gasteiger partial charge in [0.25, 0.3) is 8.32 Å². The van der Waals surface area contributed by atoms with Crippen molar-refractivity contribution in [2.45, 2.75) is 32.4 Å². The molecule has 3 aromatic rings. The standard InChI is InChI=1S/C23H26BrNO2Si/c1-23(2,3)28(18-11-6-4-7-12-18,19-13-8-5-9-14-19)27-17-20-21(24)15-10-16-22(20)25-26/h4-16,25-26H,17H2,1-3H3. The summed E-state index contributed by atoms with van der Waals surface area (Å²) < 4.78 is 7.84. The highest BCUT2D eigenvalue weighted by Gasteiger charge is 2.50. The first-order valence-corrected chi connectivity index (χ1v) is 12.0. The van der Waals surface area contributed by atoms with E-state index in [2.05, 4.69) is 90.7 Å². The predicted molar refractivity (Wildman–Crippen MR) is 122 cm³/mol. The molecule has 28 heavy (non-hydrogen) atoms. The molecule has 146 valence electrons. The average molecular weight is 456 g/mol. The van der Waals surface area contributed by atoms with Crippen molar-refractivity contribution in [1.82, 2.24) is 0 Å². The lowest BCUT2D eigenvalue weighted by Gasteiger charge is -2.43. The van der Waals surface area contributed by atoms with Crippen LogP contribution in [0.25, 0.3) is 0 Å². The first kappa shape index (κ1) is 20.8. The minimum atomic E-state index is -2.62. The SMILES string of the molecule is CC(C)(C)[Si](OCc1c(Br)cccc1NO)(c1ccccc1)c1ccccc1. The number of nitrogens with one attached hydrogen (secondary N) is 1. The minimum Gasteiger partial charge on any atom is -0.403 e. The summed E-state index contributed by atoms with van der Waals surface area (Å²) in [5.41, 5.74) is 3.84. The largest absolute Gasteiger partial charge is 0.403 e.